The maximum Gasteiger partial charge on any atom is 0.256 e. The lowest BCUT2D eigenvalue weighted by atomic mass is 9.90. The maximum atomic E-state index is 13.0. The molecule has 0 saturated carbocycles. The fourth-order valence-corrected chi connectivity index (χ4v) is 3.76. The van der Waals surface area contributed by atoms with E-state index in [0.717, 1.165) is 17.5 Å². The zero-order valence-electron chi connectivity index (χ0n) is 15.9. The van der Waals surface area contributed by atoms with Crippen molar-refractivity contribution in [3.05, 3.63) is 53.3 Å². The van der Waals surface area contributed by atoms with Gasteiger partial charge in [-0.25, -0.2) is 0 Å². The number of likely N-dealkylation sites (N-methyl/N-ethyl adjacent to an activating group) is 1. The van der Waals surface area contributed by atoms with Crippen LogP contribution in [0.1, 0.15) is 29.5 Å². The van der Waals surface area contributed by atoms with Crippen LogP contribution in [0.2, 0.25) is 0 Å². The molecule has 2 heterocycles. The van der Waals surface area contributed by atoms with Crippen LogP contribution in [0.4, 0.5) is 0 Å². The molecule has 1 aromatic heterocycles. The van der Waals surface area contributed by atoms with Crippen LogP contribution < -0.4 is 0 Å². The first kappa shape index (κ1) is 18.6. The Morgan fingerprint density at radius 1 is 1.35 bits per heavy atom. The summed E-state index contributed by atoms with van der Waals surface area (Å²) in [6.45, 7) is 4.27. The molecule has 3 rings (SSSR count). The maximum absolute atomic E-state index is 13.0. The van der Waals surface area contributed by atoms with Gasteiger partial charge in [-0.15, -0.1) is 0 Å². The summed E-state index contributed by atoms with van der Waals surface area (Å²) in [6, 6.07) is 8.18. The van der Waals surface area contributed by atoms with E-state index >= 15 is 0 Å². The molecular formula is C20H28N4O2. The number of amides is 1. The Balaban J connectivity index is 1.65. The topological polar surface area (TPSA) is 61.6 Å². The second-order valence-electron chi connectivity index (χ2n) is 7.55. The van der Waals surface area contributed by atoms with Crippen molar-refractivity contribution >= 4 is 5.91 Å². The van der Waals surface area contributed by atoms with Gasteiger partial charge in [0.25, 0.3) is 5.91 Å². The van der Waals surface area contributed by atoms with Crippen LogP contribution in [0.3, 0.4) is 0 Å². The fraction of sp³-hybridized carbons (Fsp3) is 0.500. The number of benzene rings is 1. The number of carbonyl (C=O) groups excluding carboxylic acids is 1. The summed E-state index contributed by atoms with van der Waals surface area (Å²) in [4.78, 5) is 16.7. The number of nitrogens with zero attached hydrogens (tertiary/aromatic N) is 4. The van der Waals surface area contributed by atoms with Crippen LogP contribution in [-0.2, 0) is 24.9 Å². The van der Waals surface area contributed by atoms with E-state index in [1.54, 1.807) is 9.58 Å². The summed E-state index contributed by atoms with van der Waals surface area (Å²) in [5, 5.41) is 15.2. The lowest BCUT2D eigenvalue weighted by Crippen LogP contribution is -2.57. The largest absolute Gasteiger partial charge is 0.379 e. The molecule has 1 amide bonds. The van der Waals surface area contributed by atoms with Crippen molar-refractivity contribution in [2.45, 2.75) is 38.5 Å². The van der Waals surface area contributed by atoms with E-state index in [2.05, 4.69) is 11.2 Å². The van der Waals surface area contributed by atoms with Crippen molar-refractivity contribution in [3.63, 3.8) is 0 Å². The summed E-state index contributed by atoms with van der Waals surface area (Å²) in [6.07, 6.45) is 5.09. The highest BCUT2D eigenvalue weighted by atomic mass is 16.3. The summed E-state index contributed by atoms with van der Waals surface area (Å²) in [7, 11) is 3.81. The molecule has 1 fully saturated rings. The minimum absolute atomic E-state index is 0.164. The number of aromatic nitrogens is 2. The van der Waals surface area contributed by atoms with Crippen molar-refractivity contribution in [1.29, 1.82) is 0 Å². The Morgan fingerprint density at radius 3 is 2.85 bits per heavy atom. The predicted molar refractivity (Wildman–Crippen MR) is 100 cm³/mol. The minimum atomic E-state index is -1.32. The second-order valence-corrected chi connectivity index (χ2v) is 7.55. The minimum Gasteiger partial charge on any atom is -0.379 e. The van der Waals surface area contributed by atoms with E-state index in [-0.39, 0.29) is 5.91 Å². The zero-order valence-corrected chi connectivity index (χ0v) is 15.9. The van der Waals surface area contributed by atoms with Crippen molar-refractivity contribution in [2.24, 2.45) is 7.05 Å². The van der Waals surface area contributed by atoms with Crippen molar-refractivity contribution < 1.29 is 9.90 Å². The van der Waals surface area contributed by atoms with Gasteiger partial charge in [-0.3, -0.25) is 14.4 Å². The monoisotopic (exact) mass is 356 g/mol. The predicted octanol–water partition coefficient (Wildman–Crippen LogP) is 1.71. The van der Waals surface area contributed by atoms with Crippen LogP contribution in [0, 0.1) is 6.92 Å². The van der Waals surface area contributed by atoms with E-state index < -0.39 is 5.60 Å². The van der Waals surface area contributed by atoms with E-state index in [4.69, 9.17) is 0 Å². The quantitative estimate of drug-likeness (QED) is 0.856. The molecule has 1 unspecified atom stereocenters. The SMILES string of the molecule is Cc1cccc(CN2CCCC(O)(CN(C)Cc3cnn(C)c3)C2=O)c1. The number of carbonyl (C=O) groups is 1. The van der Waals surface area contributed by atoms with Gasteiger partial charge in [-0.1, -0.05) is 29.8 Å². The molecule has 1 atom stereocenters. The van der Waals surface area contributed by atoms with Crippen LogP contribution in [0.15, 0.2) is 36.7 Å². The summed E-state index contributed by atoms with van der Waals surface area (Å²) in [5.74, 6) is -0.164. The number of aryl methyl sites for hydroxylation is 2. The summed E-state index contributed by atoms with van der Waals surface area (Å²) in [5.41, 5.74) is 2.03. The number of hydrogen-bond acceptors (Lipinski definition) is 4. The first-order valence-corrected chi connectivity index (χ1v) is 9.09. The zero-order chi connectivity index (χ0) is 18.7. The van der Waals surface area contributed by atoms with Crippen LogP contribution in [0.25, 0.3) is 0 Å². The number of hydrogen-bond donors (Lipinski definition) is 1. The average molecular weight is 356 g/mol. The number of aliphatic hydroxyl groups is 1. The third kappa shape index (κ3) is 4.31. The van der Waals surface area contributed by atoms with Gasteiger partial charge in [0.2, 0.25) is 0 Å². The van der Waals surface area contributed by atoms with Crippen LogP contribution in [-0.4, -0.2) is 56.3 Å². The third-order valence-electron chi connectivity index (χ3n) is 4.90. The molecule has 0 radical (unpaired) electrons. The molecule has 2 aromatic rings. The van der Waals surface area contributed by atoms with E-state index in [9.17, 15) is 9.90 Å². The molecule has 6 heteroatoms. The highest BCUT2D eigenvalue weighted by molar-refractivity contribution is 5.86. The number of likely N-dealkylation sites (tertiary alicyclic amines) is 1. The summed E-state index contributed by atoms with van der Waals surface area (Å²) < 4.78 is 1.76. The summed E-state index contributed by atoms with van der Waals surface area (Å²) >= 11 is 0. The molecule has 140 valence electrons. The number of piperidine rings is 1. The van der Waals surface area contributed by atoms with E-state index in [1.807, 2.05) is 56.5 Å². The van der Waals surface area contributed by atoms with Crippen molar-refractivity contribution in [1.82, 2.24) is 19.6 Å². The Hall–Kier alpha value is -2.18. The standard InChI is InChI=1S/C20H28N4O2/c1-16-6-4-7-17(10-16)14-24-9-5-8-20(26,19(24)25)15-22(2)12-18-11-21-23(3)13-18/h4,6-7,10-11,13,26H,5,8-9,12,14-15H2,1-3H3. The molecular weight excluding hydrogens is 328 g/mol. The molecule has 0 bridgehead atoms. The second kappa shape index (κ2) is 7.60. The Labute approximate surface area is 155 Å². The van der Waals surface area contributed by atoms with E-state index in [1.165, 1.54) is 5.56 Å². The molecule has 0 spiro atoms. The van der Waals surface area contributed by atoms with E-state index in [0.29, 0.717) is 32.6 Å². The molecule has 1 saturated heterocycles. The van der Waals surface area contributed by atoms with Gasteiger partial charge in [-0.05, 0) is 32.4 Å². The molecule has 0 aliphatic carbocycles. The highest BCUT2D eigenvalue weighted by Gasteiger charge is 2.42. The molecule has 1 aromatic carbocycles. The Morgan fingerprint density at radius 2 is 2.15 bits per heavy atom. The fourth-order valence-electron chi connectivity index (χ4n) is 3.76. The van der Waals surface area contributed by atoms with Gasteiger partial charge in [-0.2, -0.15) is 5.10 Å². The molecule has 1 aliphatic heterocycles. The smallest absolute Gasteiger partial charge is 0.256 e. The first-order valence-electron chi connectivity index (χ1n) is 9.09. The van der Waals surface area contributed by atoms with Gasteiger partial charge in [0.1, 0.15) is 0 Å². The molecule has 1 N–H and O–H groups in total. The van der Waals surface area contributed by atoms with Gasteiger partial charge >= 0.3 is 0 Å². The Bertz CT molecular complexity index is 773. The molecule has 1 aliphatic rings. The molecule has 6 nitrogen and oxygen atoms in total. The van der Waals surface area contributed by atoms with Crippen molar-refractivity contribution in [3.8, 4) is 0 Å². The first-order chi connectivity index (χ1) is 12.4. The Kier molecular flexibility index (Phi) is 5.44. The number of rotatable bonds is 6. The normalized spacial score (nSPS) is 20.8. The van der Waals surface area contributed by atoms with Crippen LogP contribution >= 0.6 is 0 Å². The van der Waals surface area contributed by atoms with Crippen LogP contribution in [0.5, 0.6) is 0 Å². The van der Waals surface area contributed by atoms with Gasteiger partial charge in [0.05, 0.1) is 6.20 Å². The third-order valence-corrected chi connectivity index (χ3v) is 4.90. The lowest BCUT2D eigenvalue weighted by Gasteiger charge is -2.40. The molecule has 26 heavy (non-hydrogen) atoms. The lowest BCUT2D eigenvalue weighted by molar-refractivity contribution is -0.160. The van der Waals surface area contributed by atoms with Gasteiger partial charge in [0.15, 0.2) is 5.60 Å². The van der Waals surface area contributed by atoms with Crippen molar-refractivity contribution in [2.75, 3.05) is 20.1 Å². The highest BCUT2D eigenvalue weighted by Crippen LogP contribution is 2.25. The van der Waals surface area contributed by atoms with Gasteiger partial charge in [0, 0.05) is 45.0 Å². The average Bonchev–Trinajstić information content (AvgIpc) is 2.97. The van der Waals surface area contributed by atoms with Gasteiger partial charge < -0.3 is 10.0 Å².